The highest BCUT2D eigenvalue weighted by Gasteiger charge is 2.23. The van der Waals surface area contributed by atoms with Gasteiger partial charge >= 0.3 is 11.7 Å². The van der Waals surface area contributed by atoms with Crippen LogP contribution in [0.5, 0.6) is 23.1 Å². The SMILES string of the molecule is CCOC(=O)Cc1nc(OC)c2[nH]c(=O)n(-c3cc(OCc4c(OC)ccc(F)c4F)c(OC)cc3Cl)c2n1. The summed E-state index contributed by atoms with van der Waals surface area (Å²) in [5, 5.41) is 0.0706. The lowest BCUT2D eigenvalue weighted by atomic mass is 10.2. The first kappa shape index (κ1) is 27.6. The van der Waals surface area contributed by atoms with Crippen LogP contribution in [0.3, 0.4) is 0 Å². The van der Waals surface area contributed by atoms with Crippen LogP contribution in [0.15, 0.2) is 29.1 Å². The van der Waals surface area contributed by atoms with Crippen LogP contribution in [0, 0.1) is 11.6 Å². The lowest BCUT2D eigenvalue weighted by Gasteiger charge is -2.16. The van der Waals surface area contributed by atoms with Gasteiger partial charge in [0.25, 0.3) is 0 Å². The van der Waals surface area contributed by atoms with Gasteiger partial charge in [-0.2, -0.15) is 4.98 Å². The van der Waals surface area contributed by atoms with E-state index >= 15 is 0 Å². The summed E-state index contributed by atoms with van der Waals surface area (Å²) < 4.78 is 56.0. The van der Waals surface area contributed by atoms with E-state index in [0.29, 0.717) is 0 Å². The predicted octanol–water partition coefficient (Wildman–Crippen LogP) is 3.75. The van der Waals surface area contributed by atoms with Crippen LogP contribution >= 0.6 is 11.6 Å². The second-order valence-corrected chi connectivity index (χ2v) is 8.29. The minimum atomic E-state index is -1.13. The van der Waals surface area contributed by atoms with Crippen LogP contribution in [0.25, 0.3) is 16.9 Å². The maximum atomic E-state index is 14.5. The van der Waals surface area contributed by atoms with Crippen molar-refractivity contribution >= 4 is 28.7 Å². The molecule has 0 atom stereocenters. The summed E-state index contributed by atoms with van der Waals surface area (Å²) in [7, 11) is 4.02. The number of aromatic nitrogens is 4. The summed E-state index contributed by atoms with van der Waals surface area (Å²) >= 11 is 6.51. The number of rotatable bonds is 10. The van der Waals surface area contributed by atoms with Gasteiger partial charge in [0.1, 0.15) is 30.1 Å². The summed E-state index contributed by atoms with van der Waals surface area (Å²) in [6.45, 7) is 1.39. The van der Waals surface area contributed by atoms with Crippen molar-refractivity contribution in [2.45, 2.75) is 20.0 Å². The molecule has 206 valence electrons. The number of carbonyl (C=O) groups excluding carboxylic acids is 1. The third-order valence-corrected chi connectivity index (χ3v) is 5.87. The summed E-state index contributed by atoms with van der Waals surface area (Å²) in [6.07, 6.45) is -0.273. The van der Waals surface area contributed by atoms with Gasteiger partial charge in [0.2, 0.25) is 5.88 Å². The molecule has 0 aliphatic rings. The molecule has 0 unspecified atom stereocenters. The summed E-state index contributed by atoms with van der Waals surface area (Å²) in [4.78, 5) is 36.2. The van der Waals surface area contributed by atoms with Gasteiger partial charge in [0.05, 0.1) is 44.2 Å². The van der Waals surface area contributed by atoms with E-state index in [1.54, 1.807) is 6.92 Å². The number of hydrogen-bond donors (Lipinski definition) is 1. The number of nitrogens with one attached hydrogen (secondary N) is 1. The van der Waals surface area contributed by atoms with E-state index in [0.717, 1.165) is 10.6 Å². The summed E-state index contributed by atoms with van der Waals surface area (Å²) in [5.41, 5.74) is -0.501. The minimum absolute atomic E-state index is 0.0185. The molecule has 2 aromatic heterocycles. The molecule has 0 radical (unpaired) electrons. The fraction of sp³-hybridized carbons (Fsp3) is 0.280. The Morgan fingerprint density at radius 1 is 1.05 bits per heavy atom. The molecule has 0 bridgehead atoms. The summed E-state index contributed by atoms with van der Waals surface area (Å²) in [6, 6.07) is 4.97. The lowest BCUT2D eigenvalue weighted by molar-refractivity contribution is -0.142. The molecule has 2 heterocycles. The predicted molar refractivity (Wildman–Crippen MR) is 135 cm³/mol. The molecule has 0 amide bonds. The largest absolute Gasteiger partial charge is 0.496 e. The Morgan fingerprint density at radius 3 is 2.46 bits per heavy atom. The van der Waals surface area contributed by atoms with Crippen LogP contribution in [-0.2, 0) is 22.6 Å². The zero-order valence-corrected chi connectivity index (χ0v) is 22.0. The maximum Gasteiger partial charge on any atom is 0.332 e. The highest BCUT2D eigenvalue weighted by molar-refractivity contribution is 6.32. The molecule has 1 N–H and O–H groups in total. The Morgan fingerprint density at radius 2 is 1.79 bits per heavy atom. The van der Waals surface area contributed by atoms with Gasteiger partial charge in [-0.1, -0.05) is 11.6 Å². The highest BCUT2D eigenvalue weighted by atomic mass is 35.5. The van der Waals surface area contributed by atoms with Crippen LogP contribution in [0.2, 0.25) is 5.02 Å². The number of esters is 1. The number of halogens is 3. The first-order valence-corrected chi connectivity index (χ1v) is 11.8. The molecule has 0 aliphatic heterocycles. The standard InChI is InChI=1S/C25H23ClF2N4O7/c1-5-38-20(33)10-19-29-23-22(24(30-19)37-4)31-25(34)32(23)15-9-18(17(36-3)8-13(15)26)39-11-12-16(35-2)7-6-14(27)21(12)28/h6-9H,5,10-11H2,1-4H3,(H,31,34). The number of aromatic amines is 1. The quantitative estimate of drug-likeness (QED) is 0.286. The highest BCUT2D eigenvalue weighted by Crippen LogP contribution is 2.37. The van der Waals surface area contributed by atoms with Gasteiger partial charge in [0.15, 0.2) is 28.8 Å². The van der Waals surface area contributed by atoms with Gasteiger partial charge in [-0.05, 0) is 19.1 Å². The smallest absolute Gasteiger partial charge is 0.332 e. The monoisotopic (exact) mass is 564 g/mol. The number of ether oxygens (including phenoxy) is 5. The molecular weight excluding hydrogens is 542 g/mol. The number of benzene rings is 2. The number of carbonyl (C=O) groups is 1. The molecule has 2 aromatic carbocycles. The topological polar surface area (TPSA) is 127 Å². The Kier molecular flexibility index (Phi) is 8.19. The molecular formula is C25H23ClF2N4O7. The minimum Gasteiger partial charge on any atom is -0.496 e. The molecule has 14 heteroatoms. The normalized spacial score (nSPS) is 10.9. The second-order valence-electron chi connectivity index (χ2n) is 7.88. The number of nitrogens with zero attached hydrogens (tertiary/aromatic N) is 3. The van der Waals surface area contributed by atoms with E-state index in [9.17, 15) is 18.4 Å². The fourth-order valence-corrected chi connectivity index (χ4v) is 4.05. The van der Waals surface area contributed by atoms with Crippen LogP contribution in [-0.4, -0.2) is 53.4 Å². The average Bonchev–Trinajstić information content (AvgIpc) is 3.24. The summed E-state index contributed by atoms with van der Waals surface area (Å²) in [5.74, 6) is -2.43. The van der Waals surface area contributed by atoms with E-state index in [1.807, 2.05) is 0 Å². The lowest BCUT2D eigenvalue weighted by Crippen LogP contribution is -2.16. The van der Waals surface area contributed by atoms with Crippen LogP contribution < -0.4 is 24.6 Å². The molecule has 0 saturated heterocycles. The van der Waals surface area contributed by atoms with Crippen molar-refractivity contribution in [1.29, 1.82) is 0 Å². The van der Waals surface area contributed by atoms with Gasteiger partial charge in [-0.25, -0.2) is 23.1 Å². The molecule has 11 nitrogen and oxygen atoms in total. The van der Waals surface area contributed by atoms with Gasteiger partial charge in [0, 0.05) is 12.1 Å². The molecule has 0 spiro atoms. The average molecular weight is 565 g/mol. The van der Waals surface area contributed by atoms with E-state index in [2.05, 4.69) is 15.0 Å². The molecule has 4 aromatic rings. The number of H-pyrrole nitrogens is 1. The maximum absolute atomic E-state index is 14.5. The van der Waals surface area contributed by atoms with Crippen molar-refractivity contribution < 1.29 is 37.3 Å². The van der Waals surface area contributed by atoms with E-state index in [4.69, 9.17) is 35.3 Å². The van der Waals surface area contributed by atoms with Crippen LogP contribution in [0.4, 0.5) is 8.78 Å². The molecule has 0 aliphatic carbocycles. The van der Waals surface area contributed by atoms with Crippen molar-refractivity contribution in [3.05, 3.63) is 62.8 Å². The molecule has 4 rings (SSSR count). The zero-order valence-electron chi connectivity index (χ0n) is 21.3. The number of methoxy groups -OCH3 is 3. The van der Waals surface area contributed by atoms with E-state index in [1.165, 1.54) is 39.5 Å². The first-order chi connectivity index (χ1) is 18.7. The Balaban J connectivity index is 1.82. The van der Waals surface area contributed by atoms with Crippen molar-refractivity contribution in [3.63, 3.8) is 0 Å². The number of imidazole rings is 1. The van der Waals surface area contributed by atoms with Crippen LogP contribution in [0.1, 0.15) is 18.3 Å². The van der Waals surface area contributed by atoms with Crippen molar-refractivity contribution in [1.82, 2.24) is 19.5 Å². The van der Waals surface area contributed by atoms with Crippen molar-refractivity contribution in [2.24, 2.45) is 0 Å². The third kappa shape index (κ3) is 5.43. The molecule has 39 heavy (non-hydrogen) atoms. The van der Waals surface area contributed by atoms with Crippen molar-refractivity contribution in [2.75, 3.05) is 27.9 Å². The van der Waals surface area contributed by atoms with Gasteiger partial charge in [-0.15, -0.1) is 0 Å². The Hall–Kier alpha value is -4.39. The van der Waals surface area contributed by atoms with Gasteiger partial charge < -0.3 is 23.7 Å². The second kappa shape index (κ2) is 11.6. The zero-order chi connectivity index (χ0) is 28.3. The number of fused-ring (bicyclic) bond motifs is 1. The Labute approximate surface area is 225 Å². The van der Waals surface area contributed by atoms with Crippen molar-refractivity contribution in [3.8, 4) is 28.8 Å². The first-order valence-electron chi connectivity index (χ1n) is 11.4. The van der Waals surface area contributed by atoms with E-state index in [-0.39, 0.29) is 69.4 Å². The molecule has 0 saturated carbocycles. The Bertz CT molecular complexity index is 1610. The van der Waals surface area contributed by atoms with E-state index < -0.39 is 29.9 Å². The molecule has 0 fully saturated rings. The number of hydrogen-bond acceptors (Lipinski definition) is 9. The third-order valence-electron chi connectivity index (χ3n) is 5.57. The van der Waals surface area contributed by atoms with Gasteiger partial charge in [-0.3, -0.25) is 9.78 Å². The fourth-order valence-electron chi connectivity index (χ4n) is 3.81.